The second-order valence-electron chi connectivity index (χ2n) is 3.83. The summed E-state index contributed by atoms with van der Waals surface area (Å²) in [5.74, 6) is 1.55. The van der Waals surface area contributed by atoms with Crippen LogP contribution in [0, 0.1) is 0 Å². The van der Waals surface area contributed by atoms with Crippen LogP contribution in [0.4, 0.5) is 0 Å². The van der Waals surface area contributed by atoms with Crippen LogP contribution in [0.5, 0.6) is 5.75 Å². The Morgan fingerprint density at radius 3 is 2.30 bits per heavy atom. The molecule has 0 aliphatic rings. The normalized spacial score (nSPS) is 10.1. The van der Waals surface area contributed by atoms with E-state index in [4.69, 9.17) is 19.7 Å². The van der Waals surface area contributed by atoms with Crippen LogP contribution in [-0.4, -0.2) is 39.6 Å². The largest absolute Gasteiger partial charge is 0.491 e. The minimum Gasteiger partial charge on any atom is -0.491 e. The lowest BCUT2D eigenvalue weighted by Gasteiger charge is -2.08. The highest BCUT2D eigenvalue weighted by molar-refractivity contribution is 7.79. The zero-order chi connectivity index (χ0) is 14.5. The molecule has 1 rings (SSSR count). The van der Waals surface area contributed by atoms with Gasteiger partial charge in [0, 0.05) is 17.2 Å². The Balaban J connectivity index is 1.95. The van der Waals surface area contributed by atoms with Crippen molar-refractivity contribution in [1.82, 2.24) is 0 Å². The lowest BCUT2D eigenvalue weighted by Crippen LogP contribution is -2.11. The predicted molar refractivity (Wildman–Crippen MR) is 80.3 cm³/mol. The van der Waals surface area contributed by atoms with E-state index >= 15 is 0 Å². The van der Waals surface area contributed by atoms with E-state index in [-0.39, 0.29) is 0 Å². The number of thiol groups is 1. The Kier molecular flexibility index (Phi) is 9.52. The molecule has 0 unspecified atom stereocenters. The molecule has 0 aromatic heterocycles. The first kappa shape index (κ1) is 16.7. The van der Waals surface area contributed by atoms with Crippen molar-refractivity contribution in [1.29, 1.82) is 0 Å². The number of ether oxygens (including phenoxy) is 3. The quantitative estimate of drug-likeness (QED) is 0.224. The molecule has 0 saturated heterocycles. The molecule has 1 aromatic carbocycles. The molecule has 0 aliphatic heterocycles. The smallest absolute Gasteiger partial charge is 0.119 e. The van der Waals surface area contributed by atoms with Crippen LogP contribution < -0.4 is 4.74 Å². The van der Waals surface area contributed by atoms with Crippen molar-refractivity contribution in [2.75, 3.05) is 39.6 Å². The number of hydrogen-bond donors (Lipinski definition) is 1. The zero-order valence-corrected chi connectivity index (χ0v) is 12.2. The van der Waals surface area contributed by atoms with Gasteiger partial charge in [-0.1, -0.05) is 17.2 Å². The van der Waals surface area contributed by atoms with Crippen molar-refractivity contribution >= 4 is 12.6 Å². The summed E-state index contributed by atoms with van der Waals surface area (Å²) in [6, 6.07) is 7.82. The molecule has 20 heavy (non-hydrogen) atoms. The summed E-state index contributed by atoms with van der Waals surface area (Å²) >= 11 is 4.19. The molecule has 110 valence electrons. The van der Waals surface area contributed by atoms with Crippen LogP contribution >= 0.6 is 12.6 Å². The van der Waals surface area contributed by atoms with Gasteiger partial charge in [-0.2, -0.15) is 12.6 Å². The van der Waals surface area contributed by atoms with E-state index in [1.165, 1.54) is 0 Å². The Hall–Kier alpha value is -1.40. The standard InChI is InChI=1S/C13H19N3O3S/c14-16-15-5-6-17-7-8-18-9-10-19-13-3-1-12(11-20)2-4-13/h1-4,20H,5-11H2. The lowest BCUT2D eigenvalue weighted by molar-refractivity contribution is 0.0388. The molecule has 0 radical (unpaired) electrons. The van der Waals surface area contributed by atoms with Crippen molar-refractivity contribution in [3.63, 3.8) is 0 Å². The van der Waals surface area contributed by atoms with Gasteiger partial charge in [0.15, 0.2) is 0 Å². The van der Waals surface area contributed by atoms with Crippen molar-refractivity contribution in [3.8, 4) is 5.75 Å². The van der Waals surface area contributed by atoms with Crippen LogP contribution in [0.15, 0.2) is 29.4 Å². The van der Waals surface area contributed by atoms with Crippen LogP contribution in [-0.2, 0) is 15.2 Å². The van der Waals surface area contributed by atoms with Crippen LogP contribution in [0.3, 0.4) is 0 Å². The minimum absolute atomic E-state index is 0.349. The molecular weight excluding hydrogens is 278 g/mol. The van der Waals surface area contributed by atoms with Gasteiger partial charge in [-0.05, 0) is 23.2 Å². The third kappa shape index (κ3) is 7.91. The molecule has 0 bridgehead atoms. The highest BCUT2D eigenvalue weighted by Crippen LogP contribution is 2.13. The molecule has 7 heteroatoms. The second kappa shape index (κ2) is 11.4. The molecule has 0 saturated carbocycles. The number of benzene rings is 1. The van der Waals surface area contributed by atoms with Gasteiger partial charge in [0.1, 0.15) is 12.4 Å². The Morgan fingerprint density at radius 2 is 1.65 bits per heavy atom. The van der Waals surface area contributed by atoms with Gasteiger partial charge in [0.25, 0.3) is 0 Å². The average Bonchev–Trinajstić information content (AvgIpc) is 2.50. The maximum atomic E-state index is 8.05. The molecule has 0 atom stereocenters. The van der Waals surface area contributed by atoms with Gasteiger partial charge >= 0.3 is 0 Å². The van der Waals surface area contributed by atoms with Gasteiger partial charge in [-0.3, -0.25) is 0 Å². The average molecular weight is 297 g/mol. The Bertz CT molecular complexity index is 408. The second-order valence-corrected chi connectivity index (χ2v) is 4.15. The summed E-state index contributed by atoms with van der Waals surface area (Å²) < 4.78 is 16.0. The summed E-state index contributed by atoms with van der Waals surface area (Å²) in [6.45, 7) is 2.76. The highest BCUT2D eigenvalue weighted by atomic mass is 32.1. The molecule has 0 N–H and O–H groups in total. The number of rotatable bonds is 11. The van der Waals surface area contributed by atoms with Crippen molar-refractivity contribution < 1.29 is 14.2 Å². The summed E-state index contributed by atoms with van der Waals surface area (Å²) in [5.41, 5.74) is 9.21. The molecule has 0 aliphatic carbocycles. The van der Waals surface area contributed by atoms with E-state index in [0.717, 1.165) is 17.1 Å². The fourth-order valence-corrected chi connectivity index (χ4v) is 1.59. The molecule has 6 nitrogen and oxygen atoms in total. The SMILES string of the molecule is [N-]=[N+]=NCCOCCOCCOc1ccc(CS)cc1. The maximum absolute atomic E-state index is 8.05. The summed E-state index contributed by atoms with van der Waals surface area (Å²) in [4.78, 5) is 2.63. The third-order valence-corrected chi connectivity index (χ3v) is 2.74. The van der Waals surface area contributed by atoms with Crippen LogP contribution in [0.2, 0.25) is 0 Å². The summed E-state index contributed by atoms with van der Waals surface area (Å²) in [5, 5.41) is 3.35. The van der Waals surface area contributed by atoms with Gasteiger partial charge in [-0.25, -0.2) is 0 Å². The van der Waals surface area contributed by atoms with Gasteiger partial charge < -0.3 is 14.2 Å². The maximum Gasteiger partial charge on any atom is 0.119 e. The first-order chi connectivity index (χ1) is 9.86. The minimum atomic E-state index is 0.349. The fraction of sp³-hybridized carbons (Fsp3) is 0.538. The molecule has 0 fully saturated rings. The predicted octanol–water partition coefficient (Wildman–Crippen LogP) is 2.84. The van der Waals surface area contributed by atoms with E-state index in [1.54, 1.807) is 0 Å². The Morgan fingerprint density at radius 1 is 1.00 bits per heavy atom. The van der Waals surface area contributed by atoms with Gasteiger partial charge in [0.2, 0.25) is 0 Å². The monoisotopic (exact) mass is 297 g/mol. The third-order valence-electron chi connectivity index (χ3n) is 2.37. The van der Waals surface area contributed by atoms with Gasteiger partial charge in [-0.15, -0.1) is 0 Å². The van der Waals surface area contributed by atoms with Gasteiger partial charge in [0.05, 0.1) is 26.4 Å². The number of hydrogen-bond acceptors (Lipinski definition) is 5. The van der Waals surface area contributed by atoms with Crippen LogP contribution in [0.1, 0.15) is 5.56 Å². The molecular formula is C13H19N3O3S. The Labute approximate surface area is 124 Å². The van der Waals surface area contributed by atoms with Crippen molar-refractivity contribution in [3.05, 3.63) is 40.3 Å². The van der Waals surface area contributed by atoms with E-state index in [9.17, 15) is 0 Å². The zero-order valence-electron chi connectivity index (χ0n) is 11.3. The number of azide groups is 1. The topological polar surface area (TPSA) is 76.5 Å². The molecule has 0 spiro atoms. The van der Waals surface area contributed by atoms with Crippen molar-refractivity contribution in [2.24, 2.45) is 5.11 Å². The summed E-state index contributed by atoms with van der Waals surface area (Å²) in [6.07, 6.45) is 0. The highest BCUT2D eigenvalue weighted by Gasteiger charge is 1.95. The summed E-state index contributed by atoms with van der Waals surface area (Å²) in [7, 11) is 0. The molecule has 0 amide bonds. The molecule has 1 aromatic rings. The number of nitrogens with zero attached hydrogens (tertiary/aromatic N) is 3. The lowest BCUT2D eigenvalue weighted by atomic mass is 10.2. The van der Waals surface area contributed by atoms with Crippen molar-refractivity contribution in [2.45, 2.75) is 5.75 Å². The van der Waals surface area contributed by atoms with Crippen LogP contribution in [0.25, 0.3) is 10.4 Å². The molecule has 0 heterocycles. The van der Waals surface area contributed by atoms with E-state index in [1.807, 2.05) is 24.3 Å². The van der Waals surface area contributed by atoms with E-state index in [0.29, 0.717) is 39.6 Å². The van der Waals surface area contributed by atoms with E-state index in [2.05, 4.69) is 22.7 Å². The van der Waals surface area contributed by atoms with E-state index < -0.39 is 0 Å². The first-order valence-corrected chi connectivity index (χ1v) is 6.99. The fourth-order valence-electron chi connectivity index (χ4n) is 1.38. The first-order valence-electron chi connectivity index (χ1n) is 6.35.